The molecule has 156 valence electrons. The molecule has 1 amide bonds. The van der Waals surface area contributed by atoms with Crippen LogP contribution in [0.15, 0.2) is 36.4 Å². The predicted octanol–water partition coefficient (Wildman–Crippen LogP) is 4.23. The number of hydrogen-bond donors (Lipinski definition) is 4. The molecule has 0 bridgehead atoms. The highest BCUT2D eigenvalue weighted by atomic mass is 16.1. The van der Waals surface area contributed by atoms with E-state index in [1.807, 2.05) is 24.3 Å². The van der Waals surface area contributed by atoms with E-state index in [-0.39, 0.29) is 5.91 Å². The van der Waals surface area contributed by atoms with Crippen molar-refractivity contribution in [2.24, 2.45) is 0 Å². The summed E-state index contributed by atoms with van der Waals surface area (Å²) < 4.78 is 0. The number of aromatic amines is 1. The van der Waals surface area contributed by atoms with Crippen LogP contribution in [0.2, 0.25) is 0 Å². The van der Waals surface area contributed by atoms with Crippen molar-refractivity contribution in [3.05, 3.63) is 53.3 Å². The lowest BCUT2D eigenvalue weighted by molar-refractivity contribution is 0.102. The minimum atomic E-state index is -0.206. The molecular weight excluding hydrogens is 376 g/mol. The van der Waals surface area contributed by atoms with Gasteiger partial charge in [0.1, 0.15) is 5.82 Å². The van der Waals surface area contributed by atoms with Gasteiger partial charge in [0.2, 0.25) is 0 Å². The van der Waals surface area contributed by atoms with Crippen molar-refractivity contribution in [3.8, 4) is 0 Å². The second-order valence-corrected chi connectivity index (χ2v) is 7.74. The maximum Gasteiger partial charge on any atom is 0.255 e. The Balaban J connectivity index is 1.49. The molecule has 0 spiro atoms. The number of nitrogens with one attached hydrogen (secondary N) is 4. The first kappa shape index (κ1) is 20.1. The molecule has 0 saturated carbocycles. The van der Waals surface area contributed by atoms with E-state index in [0.29, 0.717) is 22.9 Å². The first-order valence-electron chi connectivity index (χ1n) is 10.5. The molecule has 7 nitrogen and oxygen atoms in total. The second-order valence-electron chi connectivity index (χ2n) is 7.74. The summed E-state index contributed by atoms with van der Waals surface area (Å²) in [5, 5.41) is 13.5. The van der Waals surface area contributed by atoms with Gasteiger partial charge in [-0.05, 0) is 62.2 Å². The van der Waals surface area contributed by atoms with Crippen LogP contribution in [0, 0.1) is 5.41 Å². The number of amides is 1. The van der Waals surface area contributed by atoms with Crippen molar-refractivity contribution in [2.45, 2.75) is 38.8 Å². The first-order chi connectivity index (χ1) is 14.6. The van der Waals surface area contributed by atoms with E-state index in [4.69, 9.17) is 10.4 Å². The van der Waals surface area contributed by atoms with Crippen LogP contribution in [0.5, 0.6) is 0 Å². The molecule has 4 rings (SSSR count). The zero-order valence-electron chi connectivity index (χ0n) is 17.5. The van der Waals surface area contributed by atoms with Crippen molar-refractivity contribution in [3.63, 3.8) is 0 Å². The van der Waals surface area contributed by atoms with Gasteiger partial charge in [-0.25, -0.2) is 4.98 Å². The van der Waals surface area contributed by atoms with Gasteiger partial charge in [-0.3, -0.25) is 9.69 Å². The number of anilines is 2. The summed E-state index contributed by atoms with van der Waals surface area (Å²) in [6, 6.07) is 11.6. The molecule has 7 heteroatoms. The molecule has 1 saturated heterocycles. The largest absolute Gasteiger partial charge is 0.388 e. The highest BCUT2D eigenvalue weighted by molar-refractivity contribution is 6.06. The lowest BCUT2D eigenvalue weighted by Gasteiger charge is -2.21. The quantitative estimate of drug-likeness (QED) is 0.443. The number of fused-ring (bicyclic) bond motifs is 1. The van der Waals surface area contributed by atoms with E-state index in [1.165, 1.54) is 25.5 Å². The van der Waals surface area contributed by atoms with Gasteiger partial charge in [0.15, 0.2) is 0 Å². The fraction of sp³-hybridized carbons (Fsp3) is 0.348. The molecule has 1 atom stereocenters. The normalized spacial score (nSPS) is 16.7. The minimum absolute atomic E-state index is 0.206. The maximum absolute atomic E-state index is 12.7. The zero-order chi connectivity index (χ0) is 21.1. The van der Waals surface area contributed by atoms with Gasteiger partial charge in [0.25, 0.3) is 5.91 Å². The molecule has 30 heavy (non-hydrogen) atoms. The van der Waals surface area contributed by atoms with Crippen LogP contribution in [0.1, 0.15) is 47.9 Å². The number of nitrogens with zero attached hydrogens (tertiary/aromatic N) is 2. The minimum Gasteiger partial charge on any atom is -0.388 e. The highest BCUT2D eigenvalue weighted by Crippen LogP contribution is 2.24. The van der Waals surface area contributed by atoms with E-state index in [0.717, 1.165) is 35.6 Å². The van der Waals surface area contributed by atoms with Crippen LogP contribution >= 0.6 is 0 Å². The summed E-state index contributed by atoms with van der Waals surface area (Å²) in [5.41, 5.74) is 4.53. The third-order valence-corrected chi connectivity index (χ3v) is 5.85. The molecule has 1 aliphatic rings. The maximum atomic E-state index is 12.7. The van der Waals surface area contributed by atoms with Crippen LogP contribution in [-0.4, -0.2) is 46.6 Å². The number of benzene rings is 2. The molecular formula is C23H28N6O. The average Bonchev–Trinajstić information content (AvgIpc) is 3.38. The second kappa shape index (κ2) is 8.67. The number of imidazole rings is 1. The molecule has 0 aliphatic carbocycles. The van der Waals surface area contributed by atoms with Gasteiger partial charge in [-0.1, -0.05) is 6.92 Å². The lowest BCUT2D eigenvalue weighted by Crippen LogP contribution is -2.28. The first-order valence-corrected chi connectivity index (χ1v) is 10.5. The molecule has 1 unspecified atom stereocenters. The van der Waals surface area contributed by atoms with Crippen molar-refractivity contribution in [1.82, 2.24) is 14.9 Å². The third-order valence-electron chi connectivity index (χ3n) is 5.85. The smallest absolute Gasteiger partial charge is 0.255 e. The Kier molecular flexibility index (Phi) is 5.81. The van der Waals surface area contributed by atoms with Gasteiger partial charge >= 0.3 is 0 Å². The predicted molar refractivity (Wildman–Crippen MR) is 122 cm³/mol. The molecule has 0 radical (unpaired) electrons. The molecule has 4 N–H and O–H groups in total. The summed E-state index contributed by atoms with van der Waals surface area (Å²) in [4.78, 5) is 23.3. The van der Waals surface area contributed by atoms with Crippen molar-refractivity contribution < 1.29 is 4.79 Å². The fourth-order valence-electron chi connectivity index (χ4n) is 4.23. The van der Waals surface area contributed by atoms with Crippen molar-refractivity contribution in [1.29, 1.82) is 5.41 Å². The lowest BCUT2D eigenvalue weighted by atomic mass is 10.1. The molecule has 1 aliphatic heterocycles. The Morgan fingerprint density at radius 2 is 2.20 bits per heavy atom. The van der Waals surface area contributed by atoms with Crippen LogP contribution in [0.3, 0.4) is 0 Å². The average molecular weight is 405 g/mol. The number of H-pyrrole nitrogens is 1. The number of carbonyl (C=O) groups is 1. The molecule has 2 aromatic carbocycles. The van der Waals surface area contributed by atoms with E-state index in [1.54, 1.807) is 19.2 Å². The van der Waals surface area contributed by atoms with Gasteiger partial charge < -0.3 is 21.0 Å². The number of rotatable bonds is 7. The summed E-state index contributed by atoms with van der Waals surface area (Å²) in [5.74, 6) is 0.759. The summed E-state index contributed by atoms with van der Waals surface area (Å²) in [6.45, 7) is 4.20. The highest BCUT2D eigenvalue weighted by Gasteiger charge is 2.23. The number of aromatic nitrogens is 2. The van der Waals surface area contributed by atoms with Crippen LogP contribution in [-0.2, 0) is 6.54 Å². The third kappa shape index (κ3) is 4.07. The SMILES string of the molecule is CCC1CCCN1Cc1nc2ccc(NC(=O)c3ccc(NC)c(C=N)c3)cc2[nH]1. The van der Waals surface area contributed by atoms with Gasteiger partial charge in [0.05, 0.1) is 17.6 Å². The summed E-state index contributed by atoms with van der Waals surface area (Å²) >= 11 is 0. The van der Waals surface area contributed by atoms with E-state index in [2.05, 4.69) is 27.4 Å². The summed E-state index contributed by atoms with van der Waals surface area (Å²) in [6.07, 6.45) is 4.93. The fourth-order valence-corrected chi connectivity index (χ4v) is 4.23. The Labute approximate surface area is 176 Å². The number of hydrogen-bond acceptors (Lipinski definition) is 5. The van der Waals surface area contributed by atoms with Gasteiger partial charge in [-0.15, -0.1) is 0 Å². The Morgan fingerprint density at radius 3 is 2.97 bits per heavy atom. The Bertz CT molecular complexity index is 1070. The summed E-state index contributed by atoms with van der Waals surface area (Å²) in [7, 11) is 1.79. The van der Waals surface area contributed by atoms with E-state index >= 15 is 0 Å². The van der Waals surface area contributed by atoms with Crippen LogP contribution < -0.4 is 10.6 Å². The van der Waals surface area contributed by atoms with Crippen LogP contribution in [0.25, 0.3) is 11.0 Å². The molecule has 1 fully saturated rings. The number of likely N-dealkylation sites (tertiary alicyclic amines) is 1. The van der Waals surface area contributed by atoms with Gasteiger partial charge in [-0.2, -0.15) is 0 Å². The van der Waals surface area contributed by atoms with Crippen LogP contribution in [0.4, 0.5) is 11.4 Å². The Hall–Kier alpha value is -3.19. The molecule has 3 aromatic rings. The number of carbonyl (C=O) groups excluding carboxylic acids is 1. The standard InChI is InChI=1S/C23H28N6O/c1-3-18-5-4-10-29(18)14-22-27-20-9-7-17(12-21(20)28-22)26-23(30)15-6-8-19(25-2)16(11-15)13-24/h6-9,11-13,18,24-25H,3-5,10,14H2,1-2H3,(H,26,30)(H,27,28). The Morgan fingerprint density at radius 1 is 1.33 bits per heavy atom. The van der Waals surface area contributed by atoms with E-state index in [9.17, 15) is 4.79 Å². The van der Waals surface area contributed by atoms with Crippen molar-refractivity contribution >= 4 is 34.5 Å². The van der Waals surface area contributed by atoms with Gasteiger partial charge in [0, 0.05) is 41.8 Å². The zero-order valence-corrected chi connectivity index (χ0v) is 17.5. The topological polar surface area (TPSA) is 96.9 Å². The van der Waals surface area contributed by atoms with Crippen molar-refractivity contribution in [2.75, 3.05) is 24.2 Å². The van der Waals surface area contributed by atoms with E-state index < -0.39 is 0 Å². The monoisotopic (exact) mass is 404 g/mol. The molecule has 1 aromatic heterocycles. The molecule has 2 heterocycles.